The first kappa shape index (κ1) is 31.2. The smallest absolute Gasteiger partial charge is 0.416 e. The number of oxime groups is 1. The van der Waals surface area contributed by atoms with Crippen molar-refractivity contribution in [1.82, 2.24) is 0 Å². The fraction of sp³-hybridized carbons (Fsp3) is 0.367. The average Bonchev–Trinajstić information content (AvgIpc) is 3.35. The predicted molar refractivity (Wildman–Crippen MR) is 138 cm³/mol. The number of hydrogen-bond acceptors (Lipinski definition) is 3. The fourth-order valence-corrected chi connectivity index (χ4v) is 4.76. The highest BCUT2D eigenvalue weighted by atomic mass is 19.4. The lowest BCUT2D eigenvalue weighted by molar-refractivity contribution is -0.138. The Kier molecular flexibility index (Phi) is 8.32. The van der Waals surface area contributed by atoms with Gasteiger partial charge < -0.3 is 9.57 Å². The molecule has 1 aliphatic rings. The maximum Gasteiger partial charge on any atom is 0.416 e. The van der Waals surface area contributed by atoms with Crippen molar-refractivity contribution in [2.75, 3.05) is 7.11 Å². The summed E-state index contributed by atoms with van der Waals surface area (Å²) in [6.45, 7) is 3.97. The van der Waals surface area contributed by atoms with Crippen molar-refractivity contribution >= 4 is 5.71 Å². The Labute approximate surface area is 235 Å². The topological polar surface area (TPSA) is 30.8 Å². The zero-order valence-electron chi connectivity index (χ0n) is 22.9. The molecule has 0 saturated carbocycles. The zero-order valence-corrected chi connectivity index (χ0v) is 22.9. The lowest BCUT2D eigenvalue weighted by Crippen LogP contribution is -2.14. The highest BCUT2D eigenvalue weighted by Gasteiger charge is 2.37. The van der Waals surface area contributed by atoms with Gasteiger partial charge in [-0.15, -0.1) is 0 Å². The van der Waals surface area contributed by atoms with Crippen molar-refractivity contribution in [2.45, 2.75) is 63.9 Å². The highest BCUT2D eigenvalue weighted by molar-refractivity contribution is 5.90. The van der Waals surface area contributed by atoms with Gasteiger partial charge in [-0.25, -0.2) is 13.2 Å². The van der Waals surface area contributed by atoms with E-state index in [-0.39, 0.29) is 41.3 Å². The van der Waals surface area contributed by atoms with E-state index in [0.29, 0.717) is 35.7 Å². The van der Waals surface area contributed by atoms with Crippen LogP contribution in [-0.2, 0) is 29.5 Å². The van der Waals surface area contributed by atoms with Crippen LogP contribution in [0.2, 0.25) is 0 Å². The lowest BCUT2D eigenvalue weighted by atomic mass is 9.89. The molecular weight excluding hydrogens is 577 g/mol. The van der Waals surface area contributed by atoms with Gasteiger partial charge in [0.2, 0.25) is 0 Å². The van der Waals surface area contributed by atoms with Gasteiger partial charge in [0.15, 0.2) is 6.10 Å². The van der Waals surface area contributed by atoms with Crippen molar-refractivity contribution in [2.24, 2.45) is 5.16 Å². The standard InChI is InChI=1S/C30H26F9NO2/c1-15(2)23-13-24(27(41-4)14-25(23)31)22-6-5-18(29(34,35)36)7-16(22)10-21-12-26(42-40-21)17-8-19(28(3,32)33)11-20(9-17)30(37,38)39/h5-9,11,13-15,26H,10,12H2,1-4H3/t26-/m0/s1. The van der Waals surface area contributed by atoms with Crippen LogP contribution in [0.25, 0.3) is 11.1 Å². The normalized spacial score (nSPS) is 16.0. The summed E-state index contributed by atoms with van der Waals surface area (Å²) in [5.74, 6) is -4.30. The molecule has 0 spiro atoms. The third-order valence-electron chi connectivity index (χ3n) is 6.95. The molecular formula is C30H26F9NO2. The number of methoxy groups -OCH3 is 1. The number of halogens is 9. The summed E-state index contributed by atoms with van der Waals surface area (Å²) in [7, 11) is 1.29. The van der Waals surface area contributed by atoms with Crippen LogP contribution in [0, 0.1) is 5.82 Å². The first-order valence-electron chi connectivity index (χ1n) is 12.8. The van der Waals surface area contributed by atoms with Crippen molar-refractivity contribution in [3.05, 3.63) is 87.7 Å². The summed E-state index contributed by atoms with van der Waals surface area (Å²) >= 11 is 0. The number of alkyl halides is 8. The van der Waals surface area contributed by atoms with Crippen molar-refractivity contribution < 1.29 is 49.1 Å². The molecule has 0 bridgehead atoms. The van der Waals surface area contributed by atoms with Gasteiger partial charge >= 0.3 is 12.4 Å². The third kappa shape index (κ3) is 6.68. The van der Waals surface area contributed by atoms with E-state index < -0.39 is 46.9 Å². The van der Waals surface area contributed by atoms with Crippen LogP contribution in [0.1, 0.15) is 72.6 Å². The van der Waals surface area contributed by atoms with E-state index in [1.54, 1.807) is 13.8 Å². The first-order chi connectivity index (χ1) is 19.4. The number of ether oxygens (including phenoxy) is 1. The molecule has 1 atom stereocenters. The van der Waals surface area contributed by atoms with Crippen LogP contribution in [0.15, 0.2) is 53.7 Å². The second kappa shape index (κ2) is 11.2. The van der Waals surface area contributed by atoms with E-state index >= 15 is 0 Å². The molecule has 4 rings (SSSR count). The molecule has 1 aliphatic heterocycles. The summed E-state index contributed by atoms with van der Waals surface area (Å²) < 4.78 is 129. The van der Waals surface area contributed by atoms with Crippen LogP contribution >= 0.6 is 0 Å². The van der Waals surface area contributed by atoms with Gasteiger partial charge in [0.05, 0.1) is 23.9 Å². The molecule has 226 valence electrons. The molecule has 0 unspecified atom stereocenters. The summed E-state index contributed by atoms with van der Waals surface area (Å²) in [6, 6.07) is 7.59. The van der Waals surface area contributed by atoms with E-state index in [1.807, 2.05) is 0 Å². The molecule has 0 fully saturated rings. The molecule has 0 N–H and O–H groups in total. The Morgan fingerprint density at radius 2 is 1.50 bits per heavy atom. The van der Waals surface area contributed by atoms with E-state index in [1.165, 1.54) is 19.2 Å². The first-order valence-corrected chi connectivity index (χ1v) is 12.8. The van der Waals surface area contributed by atoms with Gasteiger partial charge in [-0.3, -0.25) is 0 Å². The highest BCUT2D eigenvalue weighted by Crippen LogP contribution is 2.42. The van der Waals surface area contributed by atoms with Crippen LogP contribution in [-0.4, -0.2) is 12.8 Å². The van der Waals surface area contributed by atoms with Gasteiger partial charge in [0, 0.05) is 37.0 Å². The third-order valence-corrected chi connectivity index (χ3v) is 6.95. The minimum atomic E-state index is -4.91. The number of nitrogens with zero attached hydrogens (tertiary/aromatic N) is 1. The Balaban J connectivity index is 1.73. The Morgan fingerprint density at radius 3 is 2.07 bits per heavy atom. The van der Waals surface area contributed by atoms with Gasteiger partial charge in [0.25, 0.3) is 5.92 Å². The second-order valence-corrected chi connectivity index (χ2v) is 10.5. The summed E-state index contributed by atoms with van der Waals surface area (Å²) in [5.41, 5.74) is -2.10. The molecule has 1 heterocycles. The molecule has 3 nitrogen and oxygen atoms in total. The van der Waals surface area contributed by atoms with Crippen molar-refractivity contribution in [3.63, 3.8) is 0 Å². The van der Waals surface area contributed by atoms with Crippen LogP contribution in [0.3, 0.4) is 0 Å². The monoisotopic (exact) mass is 603 g/mol. The molecule has 0 amide bonds. The lowest BCUT2D eigenvalue weighted by Gasteiger charge is -2.19. The molecule has 12 heteroatoms. The van der Waals surface area contributed by atoms with Gasteiger partial charge in [0.1, 0.15) is 11.6 Å². The molecule has 0 aliphatic carbocycles. The summed E-state index contributed by atoms with van der Waals surface area (Å²) in [6.07, 6.45) is -11.2. The Morgan fingerprint density at radius 1 is 0.857 bits per heavy atom. The number of benzene rings is 3. The van der Waals surface area contributed by atoms with Gasteiger partial charge in [-0.1, -0.05) is 25.1 Å². The van der Waals surface area contributed by atoms with Crippen molar-refractivity contribution in [3.8, 4) is 16.9 Å². The predicted octanol–water partition coefficient (Wildman–Crippen LogP) is 9.83. The van der Waals surface area contributed by atoms with Crippen LogP contribution in [0.4, 0.5) is 39.5 Å². The average molecular weight is 604 g/mol. The maximum absolute atomic E-state index is 14.7. The van der Waals surface area contributed by atoms with Crippen molar-refractivity contribution in [1.29, 1.82) is 0 Å². The molecule has 42 heavy (non-hydrogen) atoms. The molecule has 3 aromatic rings. The quantitative estimate of drug-likeness (QED) is 0.252. The maximum atomic E-state index is 14.7. The summed E-state index contributed by atoms with van der Waals surface area (Å²) in [5, 5.41) is 3.88. The molecule has 0 aromatic heterocycles. The summed E-state index contributed by atoms with van der Waals surface area (Å²) in [4.78, 5) is 5.29. The SMILES string of the molecule is COc1cc(F)c(C(C)C)cc1-c1ccc(C(F)(F)F)cc1CC1=NO[C@H](c2cc(C(C)(F)F)cc(C(F)(F)F)c2)C1. The second-order valence-electron chi connectivity index (χ2n) is 10.5. The van der Waals surface area contributed by atoms with E-state index in [9.17, 15) is 39.5 Å². The fourth-order valence-electron chi connectivity index (χ4n) is 4.76. The largest absolute Gasteiger partial charge is 0.496 e. The van der Waals surface area contributed by atoms with E-state index in [4.69, 9.17) is 9.57 Å². The van der Waals surface area contributed by atoms with E-state index in [2.05, 4.69) is 5.16 Å². The molecule has 3 aromatic carbocycles. The Hall–Kier alpha value is -3.70. The van der Waals surface area contributed by atoms with E-state index in [0.717, 1.165) is 24.3 Å². The van der Waals surface area contributed by atoms with Gasteiger partial charge in [-0.2, -0.15) is 26.3 Å². The Bertz CT molecular complexity index is 1470. The number of rotatable bonds is 7. The van der Waals surface area contributed by atoms with Gasteiger partial charge in [-0.05, 0) is 64.6 Å². The number of hydrogen-bond donors (Lipinski definition) is 0. The zero-order chi connectivity index (χ0) is 31.2. The molecule has 0 saturated heterocycles. The molecule has 0 radical (unpaired) electrons. The minimum Gasteiger partial charge on any atom is -0.496 e. The minimum absolute atomic E-state index is 0.0809. The van der Waals surface area contributed by atoms with Crippen LogP contribution in [0.5, 0.6) is 5.75 Å². The van der Waals surface area contributed by atoms with Crippen LogP contribution < -0.4 is 4.74 Å².